The molecule has 142 valence electrons. The highest BCUT2D eigenvalue weighted by Crippen LogP contribution is 2.43. The fourth-order valence-electron chi connectivity index (χ4n) is 3.52. The number of nitrogens with two attached hydrogens (primary N) is 2. The van der Waals surface area contributed by atoms with Gasteiger partial charge in [-0.05, 0) is 43.9 Å². The molecule has 1 atom stereocenters. The normalized spacial score (nSPS) is 20.5. The Morgan fingerprint density at radius 2 is 2.15 bits per heavy atom. The predicted molar refractivity (Wildman–Crippen MR) is 107 cm³/mol. The number of rotatable bonds is 6. The van der Waals surface area contributed by atoms with E-state index in [9.17, 15) is 0 Å². The smallest absolute Gasteiger partial charge is 0.132 e. The van der Waals surface area contributed by atoms with E-state index in [4.69, 9.17) is 21.6 Å². The molecule has 0 amide bonds. The van der Waals surface area contributed by atoms with Crippen molar-refractivity contribution in [3.8, 4) is 5.75 Å². The third-order valence-corrected chi connectivity index (χ3v) is 5.54. The lowest BCUT2D eigenvalue weighted by Gasteiger charge is -2.19. The van der Waals surface area contributed by atoms with E-state index in [1.807, 2.05) is 18.2 Å². The molecule has 5 N–H and O–H groups in total. The number of nitrogens with zero attached hydrogens (tertiary/aromatic N) is 3. The molecule has 0 spiro atoms. The highest BCUT2D eigenvalue weighted by Gasteiger charge is 2.43. The van der Waals surface area contributed by atoms with Gasteiger partial charge in [-0.2, -0.15) is 0 Å². The van der Waals surface area contributed by atoms with E-state index < -0.39 is 0 Å². The van der Waals surface area contributed by atoms with E-state index in [2.05, 4.69) is 21.8 Å². The summed E-state index contributed by atoms with van der Waals surface area (Å²) in [6.07, 6.45) is 5.58. The number of anilines is 2. The zero-order valence-electron chi connectivity index (χ0n) is 15.6. The Labute approximate surface area is 159 Å². The highest BCUT2D eigenvalue weighted by molar-refractivity contribution is 6.13. The first-order valence-electron chi connectivity index (χ1n) is 9.50. The Hall–Kier alpha value is -2.67. The minimum Gasteiger partial charge on any atom is -0.487 e. The Morgan fingerprint density at radius 1 is 1.33 bits per heavy atom. The number of aromatic nitrogens is 2. The van der Waals surface area contributed by atoms with Gasteiger partial charge >= 0.3 is 0 Å². The van der Waals surface area contributed by atoms with Crippen LogP contribution in [0.25, 0.3) is 0 Å². The van der Waals surface area contributed by atoms with E-state index in [1.165, 1.54) is 6.33 Å². The molecule has 1 aliphatic heterocycles. The van der Waals surface area contributed by atoms with Crippen LogP contribution >= 0.6 is 0 Å². The minimum atomic E-state index is -0.0355. The zero-order valence-corrected chi connectivity index (χ0v) is 15.6. The summed E-state index contributed by atoms with van der Waals surface area (Å²) in [6.45, 7) is 3.78. The van der Waals surface area contributed by atoms with Crippen molar-refractivity contribution in [2.24, 2.45) is 5.73 Å². The standard InChI is InChI=1S/C20H26N6O/c1-2-20(6-7-20)27-14-3-4-16(22)15(9-14)19(23)17-10-18(25-12-24-17)26-8-5-13(21)11-26/h3-4,9-10,12-13,23H,2,5-8,11,21-22H2,1H3/t13-/m1/s1. The van der Waals surface area contributed by atoms with Crippen LogP contribution in [0, 0.1) is 5.41 Å². The van der Waals surface area contributed by atoms with Gasteiger partial charge in [-0.15, -0.1) is 0 Å². The molecule has 2 heterocycles. The lowest BCUT2D eigenvalue weighted by molar-refractivity contribution is 0.174. The number of nitrogens with one attached hydrogen (secondary N) is 1. The third kappa shape index (κ3) is 3.60. The molecular weight excluding hydrogens is 340 g/mol. The lowest BCUT2D eigenvalue weighted by Crippen LogP contribution is -2.27. The monoisotopic (exact) mass is 366 g/mol. The van der Waals surface area contributed by atoms with Gasteiger partial charge in [0.05, 0.1) is 11.4 Å². The summed E-state index contributed by atoms with van der Waals surface area (Å²) in [5, 5.41) is 8.64. The average molecular weight is 366 g/mol. The third-order valence-electron chi connectivity index (χ3n) is 5.54. The van der Waals surface area contributed by atoms with Crippen LogP contribution in [0.15, 0.2) is 30.6 Å². The molecule has 0 bridgehead atoms. The van der Waals surface area contributed by atoms with Crippen LogP contribution in [0.2, 0.25) is 0 Å². The molecule has 1 aliphatic carbocycles. The van der Waals surface area contributed by atoms with Gasteiger partial charge in [0, 0.05) is 36.4 Å². The second kappa shape index (κ2) is 6.81. The van der Waals surface area contributed by atoms with Crippen molar-refractivity contribution in [3.05, 3.63) is 41.9 Å². The fraction of sp³-hybridized carbons (Fsp3) is 0.450. The zero-order chi connectivity index (χ0) is 19.0. The van der Waals surface area contributed by atoms with Crippen molar-refractivity contribution in [1.29, 1.82) is 5.41 Å². The Balaban J connectivity index is 1.59. The number of hydrogen-bond donors (Lipinski definition) is 3. The molecule has 7 nitrogen and oxygen atoms in total. The number of nitrogen functional groups attached to an aromatic ring is 1. The largest absolute Gasteiger partial charge is 0.487 e. The van der Waals surface area contributed by atoms with Crippen molar-refractivity contribution < 1.29 is 4.74 Å². The van der Waals surface area contributed by atoms with Crippen LogP contribution in [0.4, 0.5) is 11.5 Å². The van der Waals surface area contributed by atoms with Crippen LogP contribution in [0.1, 0.15) is 43.9 Å². The van der Waals surface area contributed by atoms with Crippen molar-refractivity contribution in [2.45, 2.75) is 44.2 Å². The van der Waals surface area contributed by atoms with E-state index >= 15 is 0 Å². The van der Waals surface area contributed by atoms with Crippen molar-refractivity contribution >= 4 is 17.2 Å². The fourth-order valence-corrected chi connectivity index (χ4v) is 3.52. The molecule has 0 radical (unpaired) electrons. The van der Waals surface area contributed by atoms with Crippen LogP contribution in [-0.2, 0) is 0 Å². The van der Waals surface area contributed by atoms with E-state index in [0.29, 0.717) is 16.9 Å². The molecule has 7 heteroatoms. The second-order valence-electron chi connectivity index (χ2n) is 7.52. The summed E-state index contributed by atoms with van der Waals surface area (Å²) < 4.78 is 6.15. The Morgan fingerprint density at radius 3 is 2.81 bits per heavy atom. The van der Waals surface area contributed by atoms with Gasteiger partial charge < -0.3 is 21.1 Å². The van der Waals surface area contributed by atoms with Gasteiger partial charge in [-0.25, -0.2) is 9.97 Å². The Bertz CT molecular complexity index is 863. The molecule has 2 fully saturated rings. The van der Waals surface area contributed by atoms with Crippen molar-refractivity contribution in [3.63, 3.8) is 0 Å². The van der Waals surface area contributed by atoms with Gasteiger partial charge in [0.2, 0.25) is 0 Å². The van der Waals surface area contributed by atoms with Crippen LogP contribution in [0.5, 0.6) is 5.75 Å². The first kappa shape index (κ1) is 17.7. The molecule has 2 aromatic rings. The molecule has 27 heavy (non-hydrogen) atoms. The molecular formula is C20H26N6O. The minimum absolute atomic E-state index is 0.0355. The van der Waals surface area contributed by atoms with Gasteiger partial charge in [0.1, 0.15) is 23.5 Å². The van der Waals surface area contributed by atoms with Crippen LogP contribution < -0.4 is 21.1 Å². The first-order chi connectivity index (χ1) is 13.0. The van der Waals surface area contributed by atoms with Gasteiger partial charge in [0.15, 0.2) is 0 Å². The van der Waals surface area contributed by atoms with E-state index in [-0.39, 0.29) is 17.4 Å². The van der Waals surface area contributed by atoms with Gasteiger partial charge in [-0.3, -0.25) is 5.41 Å². The molecule has 2 aliphatic rings. The molecule has 0 unspecified atom stereocenters. The van der Waals surface area contributed by atoms with Crippen LogP contribution in [-0.4, -0.2) is 40.4 Å². The highest BCUT2D eigenvalue weighted by atomic mass is 16.5. The van der Waals surface area contributed by atoms with Crippen molar-refractivity contribution in [1.82, 2.24) is 9.97 Å². The summed E-state index contributed by atoms with van der Waals surface area (Å²) >= 11 is 0. The molecule has 4 rings (SSSR count). The number of hydrogen-bond acceptors (Lipinski definition) is 7. The maximum atomic E-state index is 8.64. The molecule has 1 aromatic carbocycles. The van der Waals surface area contributed by atoms with Gasteiger partial charge in [0.25, 0.3) is 0 Å². The summed E-state index contributed by atoms with van der Waals surface area (Å²) in [6, 6.07) is 7.52. The molecule has 1 saturated heterocycles. The van der Waals surface area contributed by atoms with E-state index in [1.54, 1.807) is 6.07 Å². The SMILES string of the molecule is CCC1(Oc2ccc(N)c(C(=N)c3cc(N4CC[C@@H](N)C4)ncn3)c2)CC1. The topological polar surface area (TPSA) is 114 Å². The number of benzene rings is 1. The number of ether oxygens (including phenoxy) is 1. The summed E-state index contributed by atoms with van der Waals surface area (Å²) in [5.74, 6) is 1.55. The summed E-state index contributed by atoms with van der Waals surface area (Å²) in [5.41, 5.74) is 14.1. The van der Waals surface area contributed by atoms with Crippen LogP contribution in [0.3, 0.4) is 0 Å². The quantitative estimate of drug-likeness (QED) is 0.534. The first-order valence-corrected chi connectivity index (χ1v) is 9.50. The molecule has 1 aromatic heterocycles. The second-order valence-corrected chi connectivity index (χ2v) is 7.52. The maximum absolute atomic E-state index is 8.64. The van der Waals surface area contributed by atoms with Gasteiger partial charge in [-0.1, -0.05) is 6.92 Å². The van der Waals surface area contributed by atoms with E-state index in [0.717, 1.165) is 50.3 Å². The van der Waals surface area contributed by atoms with Crippen molar-refractivity contribution in [2.75, 3.05) is 23.7 Å². The summed E-state index contributed by atoms with van der Waals surface area (Å²) in [4.78, 5) is 10.8. The lowest BCUT2D eigenvalue weighted by atomic mass is 10.0. The molecule has 1 saturated carbocycles. The predicted octanol–water partition coefficient (Wildman–Crippen LogP) is 2.33. The Kier molecular flexibility index (Phi) is 4.47. The average Bonchev–Trinajstić information content (AvgIpc) is 3.33. The maximum Gasteiger partial charge on any atom is 0.132 e. The summed E-state index contributed by atoms with van der Waals surface area (Å²) in [7, 11) is 0.